The van der Waals surface area contributed by atoms with Crippen LogP contribution in [0.5, 0.6) is 0 Å². The Hall–Kier alpha value is -2.55. The highest BCUT2D eigenvalue weighted by Crippen LogP contribution is 2.19. The minimum absolute atomic E-state index is 0.0430. The molecule has 0 bridgehead atoms. The maximum Gasteiger partial charge on any atom is 0.284 e. The Kier molecular flexibility index (Phi) is 3.64. The number of carbonyl (C=O) groups excluding carboxylic acids is 1. The number of rotatable bonds is 3. The number of nitrogens with one attached hydrogen (secondary N) is 1. The average Bonchev–Trinajstić information content (AvgIpc) is 3.25. The summed E-state index contributed by atoms with van der Waals surface area (Å²) in [6.07, 6.45) is 2.77. The summed E-state index contributed by atoms with van der Waals surface area (Å²) in [7, 11) is 0. The molecule has 1 saturated heterocycles. The van der Waals surface area contributed by atoms with Crippen LogP contribution in [0.4, 0.5) is 5.82 Å². The molecule has 24 heavy (non-hydrogen) atoms. The van der Waals surface area contributed by atoms with Crippen LogP contribution in [-0.4, -0.2) is 54.7 Å². The molecule has 124 valence electrons. The van der Waals surface area contributed by atoms with Crippen molar-refractivity contribution in [1.29, 1.82) is 0 Å². The number of likely N-dealkylation sites (tertiary alicyclic amines) is 1. The smallest absolute Gasteiger partial charge is 0.284 e. The van der Waals surface area contributed by atoms with Gasteiger partial charge in [-0.1, -0.05) is 11.3 Å². The lowest BCUT2D eigenvalue weighted by Crippen LogP contribution is -2.31. The van der Waals surface area contributed by atoms with Crippen LogP contribution in [0.25, 0.3) is 5.65 Å². The van der Waals surface area contributed by atoms with Crippen molar-refractivity contribution in [2.75, 3.05) is 18.4 Å². The zero-order valence-electron chi connectivity index (χ0n) is 13.4. The summed E-state index contributed by atoms with van der Waals surface area (Å²) in [6.45, 7) is 5.14. The number of fused-ring (bicyclic) bond motifs is 1. The highest BCUT2D eigenvalue weighted by atomic mass is 32.1. The monoisotopic (exact) mass is 343 g/mol. The van der Waals surface area contributed by atoms with E-state index < -0.39 is 0 Å². The maximum atomic E-state index is 12.4. The van der Waals surface area contributed by atoms with E-state index in [0.717, 1.165) is 28.6 Å². The summed E-state index contributed by atoms with van der Waals surface area (Å²) in [5, 5.41) is 17.0. The highest BCUT2D eigenvalue weighted by molar-refractivity contribution is 7.13. The Bertz CT molecular complexity index is 902. The van der Waals surface area contributed by atoms with Crippen LogP contribution in [0, 0.1) is 13.8 Å². The zero-order chi connectivity index (χ0) is 16.7. The van der Waals surface area contributed by atoms with Crippen molar-refractivity contribution < 1.29 is 4.79 Å². The lowest BCUT2D eigenvalue weighted by Gasteiger charge is -2.16. The standard InChI is InChI=1S/C15H17N7OS/c1-9-7-22-13(16-9)4-3-12(20-22)17-11-5-6-21(8-11)15(23)14-19-18-10(2)24-14/h3-4,7,11H,5-6,8H2,1-2H3,(H,17,20). The second kappa shape index (κ2) is 5.82. The van der Waals surface area contributed by atoms with Crippen LogP contribution in [0.1, 0.15) is 26.9 Å². The van der Waals surface area contributed by atoms with Crippen LogP contribution in [0.15, 0.2) is 18.3 Å². The van der Waals surface area contributed by atoms with Crippen molar-refractivity contribution in [1.82, 2.24) is 29.7 Å². The predicted molar refractivity (Wildman–Crippen MR) is 90.3 cm³/mol. The zero-order valence-corrected chi connectivity index (χ0v) is 14.2. The molecule has 1 atom stereocenters. The molecule has 4 rings (SSSR count). The number of carbonyl (C=O) groups is 1. The number of imidazole rings is 1. The lowest BCUT2D eigenvalue weighted by atomic mass is 10.2. The molecule has 3 aromatic heterocycles. The van der Waals surface area contributed by atoms with Crippen molar-refractivity contribution in [2.45, 2.75) is 26.3 Å². The van der Waals surface area contributed by atoms with Gasteiger partial charge in [0.15, 0.2) is 5.65 Å². The minimum atomic E-state index is -0.0430. The van der Waals surface area contributed by atoms with Crippen LogP contribution in [0.2, 0.25) is 0 Å². The molecule has 9 heteroatoms. The molecule has 0 saturated carbocycles. The fourth-order valence-corrected chi connectivity index (χ4v) is 3.53. The van der Waals surface area contributed by atoms with Gasteiger partial charge in [0, 0.05) is 19.1 Å². The Balaban J connectivity index is 1.43. The van der Waals surface area contributed by atoms with Gasteiger partial charge >= 0.3 is 0 Å². The van der Waals surface area contributed by atoms with E-state index >= 15 is 0 Å². The first-order valence-electron chi connectivity index (χ1n) is 7.77. The number of amides is 1. The largest absolute Gasteiger partial charge is 0.364 e. The SMILES string of the molecule is Cc1cn2nc(NC3CCN(C(=O)c4nnc(C)s4)C3)ccc2n1. The molecule has 0 aliphatic carbocycles. The molecule has 1 aliphatic heterocycles. The quantitative estimate of drug-likeness (QED) is 0.776. The molecule has 8 nitrogen and oxygen atoms in total. The van der Waals surface area contributed by atoms with E-state index in [2.05, 4.69) is 25.6 Å². The van der Waals surface area contributed by atoms with Gasteiger partial charge in [0.05, 0.1) is 11.9 Å². The molecule has 0 radical (unpaired) electrons. The number of aromatic nitrogens is 5. The topological polar surface area (TPSA) is 88.3 Å². The van der Waals surface area contributed by atoms with Gasteiger partial charge in [0.1, 0.15) is 10.8 Å². The maximum absolute atomic E-state index is 12.4. The molecule has 0 spiro atoms. The third kappa shape index (κ3) is 2.82. The molecule has 1 N–H and O–H groups in total. The number of anilines is 1. The van der Waals surface area contributed by atoms with Crippen LogP contribution >= 0.6 is 11.3 Å². The van der Waals surface area contributed by atoms with Gasteiger partial charge in [0.2, 0.25) is 5.01 Å². The van der Waals surface area contributed by atoms with Crippen LogP contribution < -0.4 is 5.32 Å². The van der Waals surface area contributed by atoms with E-state index in [1.165, 1.54) is 11.3 Å². The van der Waals surface area contributed by atoms with Gasteiger partial charge in [-0.05, 0) is 32.4 Å². The summed E-state index contributed by atoms with van der Waals surface area (Å²) in [6, 6.07) is 4.03. The Morgan fingerprint density at radius 2 is 2.21 bits per heavy atom. The molecule has 3 aromatic rings. The van der Waals surface area contributed by atoms with Crippen molar-refractivity contribution in [3.8, 4) is 0 Å². The normalized spacial score (nSPS) is 17.6. The van der Waals surface area contributed by atoms with Crippen molar-refractivity contribution >= 4 is 28.7 Å². The van der Waals surface area contributed by atoms with Crippen LogP contribution in [-0.2, 0) is 0 Å². The first-order valence-corrected chi connectivity index (χ1v) is 8.59. The Labute approximate surface area is 142 Å². The summed E-state index contributed by atoms with van der Waals surface area (Å²) < 4.78 is 1.76. The summed E-state index contributed by atoms with van der Waals surface area (Å²) in [4.78, 5) is 18.6. The van der Waals surface area contributed by atoms with E-state index in [4.69, 9.17) is 0 Å². The third-order valence-electron chi connectivity index (χ3n) is 3.98. The molecular formula is C15H17N7OS. The average molecular weight is 343 g/mol. The number of aryl methyl sites for hydroxylation is 2. The van der Waals surface area contributed by atoms with E-state index in [-0.39, 0.29) is 11.9 Å². The minimum Gasteiger partial charge on any atom is -0.364 e. The molecular weight excluding hydrogens is 326 g/mol. The van der Waals surface area contributed by atoms with Gasteiger partial charge in [-0.15, -0.1) is 15.3 Å². The van der Waals surface area contributed by atoms with Gasteiger partial charge in [0.25, 0.3) is 5.91 Å². The van der Waals surface area contributed by atoms with Gasteiger partial charge in [-0.25, -0.2) is 9.50 Å². The number of hydrogen-bond acceptors (Lipinski definition) is 7. The fraction of sp³-hybridized carbons (Fsp3) is 0.400. The first-order chi connectivity index (χ1) is 11.6. The molecule has 1 amide bonds. The lowest BCUT2D eigenvalue weighted by molar-refractivity contribution is 0.0790. The van der Waals surface area contributed by atoms with Crippen molar-refractivity contribution in [3.63, 3.8) is 0 Å². The second-order valence-corrected chi connectivity index (χ2v) is 7.09. The summed E-state index contributed by atoms with van der Waals surface area (Å²) in [5.41, 5.74) is 1.76. The fourth-order valence-electron chi connectivity index (χ4n) is 2.87. The molecule has 4 heterocycles. The van der Waals surface area contributed by atoms with Gasteiger partial charge < -0.3 is 10.2 Å². The molecule has 1 fully saturated rings. The Morgan fingerprint density at radius 1 is 1.33 bits per heavy atom. The van der Waals surface area contributed by atoms with Gasteiger partial charge in [-0.3, -0.25) is 4.79 Å². The first kappa shape index (κ1) is 15.0. The molecule has 1 aliphatic rings. The molecule has 1 unspecified atom stereocenters. The van der Waals surface area contributed by atoms with Gasteiger partial charge in [-0.2, -0.15) is 0 Å². The summed E-state index contributed by atoms with van der Waals surface area (Å²) >= 11 is 1.34. The van der Waals surface area contributed by atoms with Crippen LogP contribution in [0.3, 0.4) is 0 Å². The van der Waals surface area contributed by atoms with Crippen molar-refractivity contribution in [3.05, 3.63) is 34.0 Å². The number of hydrogen-bond donors (Lipinski definition) is 1. The van der Waals surface area contributed by atoms with E-state index in [1.54, 1.807) is 4.52 Å². The number of nitrogens with zero attached hydrogens (tertiary/aromatic N) is 6. The predicted octanol–water partition coefficient (Wildman–Crippen LogP) is 1.52. The summed E-state index contributed by atoms with van der Waals surface area (Å²) in [5.74, 6) is 0.740. The Morgan fingerprint density at radius 3 is 3.00 bits per heavy atom. The third-order valence-corrected chi connectivity index (χ3v) is 4.80. The molecule has 0 aromatic carbocycles. The van der Waals surface area contributed by atoms with E-state index in [1.807, 2.05) is 37.1 Å². The van der Waals surface area contributed by atoms with E-state index in [9.17, 15) is 4.79 Å². The van der Waals surface area contributed by atoms with E-state index in [0.29, 0.717) is 18.1 Å². The highest BCUT2D eigenvalue weighted by Gasteiger charge is 2.29. The second-order valence-electron chi connectivity index (χ2n) is 5.91. The van der Waals surface area contributed by atoms with Crippen molar-refractivity contribution in [2.24, 2.45) is 0 Å².